The number of anilines is 3. The number of carbonyl (C=O) groups excluding carboxylic acids is 2. The summed E-state index contributed by atoms with van der Waals surface area (Å²) >= 11 is 6.16. The molecule has 298 valence electrons. The van der Waals surface area contributed by atoms with Gasteiger partial charge in [0.05, 0.1) is 46.3 Å². The van der Waals surface area contributed by atoms with E-state index in [0.29, 0.717) is 61.5 Å². The minimum atomic E-state index is -4.61. The summed E-state index contributed by atoms with van der Waals surface area (Å²) in [7, 11) is 0. The maximum absolute atomic E-state index is 14.4. The SMILES string of the molecule is CCc1c(N2CCN(C(=O)c3ncnc(C)c3OCc3ccccc3)CC2)c(=O)n2nc(N3CC4(COC4)C3)nc2n1CC(=O)Nc1ccc(C(F)(F)F)cc1Cl. The zero-order chi connectivity index (χ0) is 40.1. The number of fused-ring (bicyclic) bond motifs is 1. The number of alkyl halides is 3. The number of nitrogens with zero attached hydrogens (tertiary/aromatic N) is 9. The third-order valence-electron chi connectivity index (χ3n) is 10.5. The first kappa shape index (κ1) is 38.1. The molecule has 3 aliphatic heterocycles. The molecule has 2 amide bonds. The Hall–Kier alpha value is -5.75. The smallest absolute Gasteiger partial charge is 0.416 e. The molecule has 3 aromatic heterocycles. The number of hydrogen-bond donors (Lipinski definition) is 1. The highest BCUT2D eigenvalue weighted by molar-refractivity contribution is 6.33. The molecule has 6 heterocycles. The van der Waals surface area contributed by atoms with E-state index in [4.69, 9.17) is 26.1 Å². The fourth-order valence-electron chi connectivity index (χ4n) is 7.46. The zero-order valence-corrected chi connectivity index (χ0v) is 31.8. The van der Waals surface area contributed by atoms with Crippen molar-refractivity contribution < 1.29 is 32.2 Å². The molecule has 5 aromatic rings. The van der Waals surface area contributed by atoms with Crippen LogP contribution in [0.3, 0.4) is 0 Å². The first-order valence-electron chi connectivity index (χ1n) is 18.4. The van der Waals surface area contributed by atoms with Crippen LogP contribution < -0.4 is 25.4 Å². The lowest BCUT2D eigenvalue weighted by Crippen LogP contribution is -2.66. The number of ether oxygens (including phenoxy) is 2. The second-order valence-corrected chi connectivity index (χ2v) is 14.9. The first-order chi connectivity index (χ1) is 27.3. The van der Waals surface area contributed by atoms with Crippen molar-refractivity contribution in [2.24, 2.45) is 5.41 Å². The summed E-state index contributed by atoms with van der Waals surface area (Å²) in [5.41, 5.74) is 1.02. The Labute approximate surface area is 329 Å². The molecule has 57 heavy (non-hydrogen) atoms. The van der Waals surface area contributed by atoms with Gasteiger partial charge in [0.25, 0.3) is 11.5 Å². The molecule has 3 aliphatic rings. The largest absolute Gasteiger partial charge is 0.485 e. The van der Waals surface area contributed by atoms with Crippen molar-refractivity contribution in [3.63, 3.8) is 0 Å². The molecule has 19 heteroatoms. The van der Waals surface area contributed by atoms with Gasteiger partial charge in [-0.3, -0.25) is 14.4 Å². The van der Waals surface area contributed by atoms with Crippen molar-refractivity contribution >= 4 is 46.5 Å². The Bertz CT molecular complexity index is 2400. The Morgan fingerprint density at radius 2 is 1.75 bits per heavy atom. The molecule has 0 saturated carbocycles. The van der Waals surface area contributed by atoms with Gasteiger partial charge in [0.1, 0.15) is 25.2 Å². The summed E-state index contributed by atoms with van der Waals surface area (Å²) in [4.78, 5) is 60.6. The fourth-order valence-corrected chi connectivity index (χ4v) is 7.68. The summed E-state index contributed by atoms with van der Waals surface area (Å²) in [5, 5.41) is 6.93. The highest BCUT2D eigenvalue weighted by Gasteiger charge is 2.50. The van der Waals surface area contributed by atoms with Gasteiger partial charge in [-0.15, -0.1) is 5.10 Å². The highest BCUT2D eigenvalue weighted by atomic mass is 35.5. The highest BCUT2D eigenvalue weighted by Crippen LogP contribution is 2.39. The van der Waals surface area contributed by atoms with Crippen LogP contribution in [0.4, 0.5) is 30.5 Å². The van der Waals surface area contributed by atoms with Crippen molar-refractivity contribution in [2.75, 3.05) is 67.6 Å². The molecular weight excluding hydrogens is 769 g/mol. The monoisotopic (exact) mass is 806 g/mol. The van der Waals surface area contributed by atoms with Gasteiger partial charge in [0.2, 0.25) is 17.6 Å². The topological polar surface area (TPSA) is 152 Å². The van der Waals surface area contributed by atoms with E-state index in [1.165, 1.54) is 10.8 Å². The third-order valence-corrected chi connectivity index (χ3v) is 10.8. The predicted molar refractivity (Wildman–Crippen MR) is 203 cm³/mol. The minimum absolute atomic E-state index is 0.00551. The molecule has 0 aliphatic carbocycles. The number of amides is 2. The van der Waals surface area contributed by atoms with Gasteiger partial charge < -0.3 is 34.1 Å². The summed E-state index contributed by atoms with van der Waals surface area (Å²) in [6.45, 7) is 7.06. The molecule has 3 fully saturated rings. The van der Waals surface area contributed by atoms with E-state index in [-0.39, 0.29) is 72.8 Å². The van der Waals surface area contributed by atoms with Crippen molar-refractivity contribution in [1.29, 1.82) is 0 Å². The molecule has 1 spiro atoms. The molecule has 0 unspecified atom stereocenters. The molecule has 1 N–H and O–H groups in total. The van der Waals surface area contributed by atoms with E-state index in [2.05, 4.69) is 20.4 Å². The van der Waals surface area contributed by atoms with Gasteiger partial charge in [0, 0.05) is 39.3 Å². The van der Waals surface area contributed by atoms with Crippen LogP contribution in [0.5, 0.6) is 5.75 Å². The van der Waals surface area contributed by atoms with Crippen LogP contribution in [0, 0.1) is 12.3 Å². The van der Waals surface area contributed by atoms with Gasteiger partial charge in [-0.2, -0.15) is 22.7 Å². The molecule has 0 atom stereocenters. The first-order valence-corrected chi connectivity index (χ1v) is 18.8. The minimum Gasteiger partial charge on any atom is -0.485 e. The van der Waals surface area contributed by atoms with Crippen LogP contribution in [0.15, 0.2) is 59.7 Å². The molecule has 0 bridgehead atoms. The number of halogens is 4. The average molecular weight is 807 g/mol. The number of hydrogen-bond acceptors (Lipinski definition) is 11. The molecular formula is C38H38ClF3N10O5. The van der Waals surface area contributed by atoms with Crippen molar-refractivity contribution in [3.05, 3.63) is 98.4 Å². The summed E-state index contributed by atoms with van der Waals surface area (Å²) < 4.78 is 54.1. The molecule has 0 radical (unpaired) electrons. The van der Waals surface area contributed by atoms with Crippen molar-refractivity contribution in [1.82, 2.24) is 34.0 Å². The van der Waals surface area contributed by atoms with Crippen molar-refractivity contribution in [2.45, 2.75) is 39.6 Å². The van der Waals surface area contributed by atoms with E-state index in [1.54, 1.807) is 16.4 Å². The van der Waals surface area contributed by atoms with Gasteiger partial charge >= 0.3 is 6.18 Å². The van der Waals surface area contributed by atoms with E-state index >= 15 is 0 Å². The number of benzene rings is 2. The lowest BCUT2D eigenvalue weighted by molar-refractivity contribution is -0.137. The second kappa shape index (κ2) is 15.0. The van der Waals surface area contributed by atoms with Gasteiger partial charge in [0.15, 0.2) is 11.4 Å². The number of aromatic nitrogens is 6. The quantitative estimate of drug-likeness (QED) is 0.216. The molecule has 8 rings (SSSR count). The van der Waals surface area contributed by atoms with Crippen molar-refractivity contribution in [3.8, 4) is 5.75 Å². The van der Waals surface area contributed by atoms with E-state index in [9.17, 15) is 27.6 Å². The Balaban J connectivity index is 1.07. The standard InChI is InChI=1S/C38H38ClF3N10O5/c1-3-28-31(48-11-13-49(14-12-48)33(54)30-32(23(2)43-22-44-30)57-17-24-7-5-4-6-8-24)34(55)52-36(46-35(47-52)50-18-37(19-50)20-56-21-37)51(28)16-29(53)45-27-10-9-25(15-26(27)39)38(40,41)42/h4-10,15,22H,3,11-14,16-21H2,1-2H3,(H,45,53). The molecule has 3 saturated heterocycles. The summed E-state index contributed by atoms with van der Waals surface area (Å²) in [5.74, 6) is -0.194. The Morgan fingerprint density at radius 1 is 1.02 bits per heavy atom. The fraction of sp³-hybridized carbons (Fsp3) is 0.395. The predicted octanol–water partition coefficient (Wildman–Crippen LogP) is 4.24. The maximum Gasteiger partial charge on any atom is 0.416 e. The summed E-state index contributed by atoms with van der Waals surface area (Å²) in [6.07, 6.45) is -2.97. The number of nitrogens with one attached hydrogen (secondary N) is 1. The van der Waals surface area contributed by atoms with Crippen LogP contribution in [0.25, 0.3) is 5.78 Å². The number of carbonyl (C=O) groups is 2. The van der Waals surface area contributed by atoms with Crippen LogP contribution in [0.1, 0.15) is 39.9 Å². The normalized spacial score (nSPS) is 16.4. The van der Waals surface area contributed by atoms with E-state index in [0.717, 1.165) is 23.8 Å². The van der Waals surface area contributed by atoms with Crippen LogP contribution in [0.2, 0.25) is 5.02 Å². The van der Waals surface area contributed by atoms with E-state index in [1.807, 2.05) is 47.1 Å². The van der Waals surface area contributed by atoms with Gasteiger partial charge in [-0.05, 0) is 37.1 Å². The molecule has 15 nitrogen and oxygen atoms in total. The third kappa shape index (κ3) is 7.34. The van der Waals surface area contributed by atoms with E-state index < -0.39 is 23.2 Å². The Kier molecular flexibility index (Phi) is 10.0. The summed E-state index contributed by atoms with van der Waals surface area (Å²) in [6, 6.07) is 12.2. The number of rotatable bonds is 10. The Morgan fingerprint density at radius 3 is 2.40 bits per heavy atom. The maximum atomic E-state index is 14.4. The van der Waals surface area contributed by atoms with Gasteiger partial charge in [-0.25, -0.2) is 9.97 Å². The number of piperazine rings is 1. The zero-order valence-electron chi connectivity index (χ0n) is 31.1. The van der Waals surface area contributed by atoms with Gasteiger partial charge in [-0.1, -0.05) is 48.9 Å². The molecule has 2 aromatic carbocycles. The van der Waals surface area contributed by atoms with Crippen LogP contribution in [-0.4, -0.2) is 98.3 Å². The number of aryl methyl sites for hydroxylation is 1. The van der Waals surface area contributed by atoms with Crippen LogP contribution in [-0.2, 0) is 35.3 Å². The van der Waals surface area contributed by atoms with Crippen LogP contribution >= 0.6 is 11.6 Å². The lowest BCUT2D eigenvalue weighted by Gasteiger charge is -2.54. The second-order valence-electron chi connectivity index (χ2n) is 14.4. The average Bonchev–Trinajstić information content (AvgIpc) is 3.60. The lowest BCUT2D eigenvalue weighted by atomic mass is 9.78.